The maximum atomic E-state index is 13.5. The van der Waals surface area contributed by atoms with E-state index in [0.717, 1.165) is 108 Å². The first-order chi connectivity index (χ1) is 34.0. The summed E-state index contributed by atoms with van der Waals surface area (Å²) in [6.45, 7) is 6.90. The molecule has 0 aliphatic heterocycles. The van der Waals surface area contributed by atoms with E-state index in [2.05, 4.69) is 20.8 Å². The maximum Gasteiger partial charge on any atom is 0.159 e. The minimum atomic E-state index is -0.731. The second-order valence-corrected chi connectivity index (χ2v) is 23.9. The number of unbranched alkanes of at least 4 members (excludes halogenated alkanes) is 2. The molecule has 0 heterocycles. The van der Waals surface area contributed by atoms with Crippen LogP contribution in [-0.2, 0) is 0 Å². The number of hydrogen-bond acceptors (Lipinski definition) is 0. The zero-order chi connectivity index (χ0) is 49.4. The Balaban J connectivity index is 0.000000155. The molecule has 6 saturated carbocycles. The lowest BCUT2D eigenvalue weighted by atomic mass is 9.68. The molecule has 70 heavy (non-hydrogen) atoms. The first-order valence-electron chi connectivity index (χ1n) is 29.4. The van der Waals surface area contributed by atoms with Crippen molar-refractivity contribution in [3.8, 4) is 0 Å². The summed E-state index contributed by atoms with van der Waals surface area (Å²) in [6, 6.07) is 13.4. The van der Waals surface area contributed by atoms with E-state index in [-0.39, 0.29) is 0 Å². The van der Waals surface area contributed by atoms with Gasteiger partial charge in [-0.1, -0.05) is 122 Å². The molecule has 0 unspecified atom stereocenters. The maximum absolute atomic E-state index is 13.5. The molecule has 0 atom stereocenters. The van der Waals surface area contributed by atoms with Gasteiger partial charge < -0.3 is 0 Å². The fraction of sp³-hybridized carbons (Fsp3) is 0.719. The molecule has 6 aliphatic carbocycles. The van der Waals surface area contributed by atoms with E-state index >= 15 is 0 Å². The quantitative estimate of drug-likeness (QED) is 0.118. The molecule has 0 aromatic heterocycles. The van der Waals surface area contributed by atoms with Crippen molar-refractivity contribution in [1.82, 2.24) is 0 Å². The lowest BCUT2D eigenvalue weighted by Gasteiger charge is -2.38. The smallest absolute Gasteiger partial charge is 0.159 e. The van der Waals surface area contributed by atoms with E-state index in [1.807, 2.05) is 0 Å². The van der Waals surface area contributed by atoms with E-state index in [1.54, 1.807) is 18.2 Å². The molecule has 390 valence electrons. The third-order valence-corrected chi connectivity index (χ3v) is 19.7. The molecule has 0 amide bonds. The van der Waals surface area contributed by atoms with Crippen LogP contribution in [0.5, 0.6) is 0 Å². The van der Waals surface area contributed by atoms with Crippen LogP contribution in [0.1, 0.15) is 254 Å². The fourth-order valence-corrected chi connectivity index (χ4v) is 15.1. The van der Waals surface area contributed by atoms with E-state index in [4.69, 9.17) is 0 Å². The van der Waals surface area contributed by atoms with Crippen molar-refractivity contribution >= 4 is 0 Å². The van der Waals surface area contributed by atoms with Crippen LogP contribution in [0.2, 0.25) is 0 Å². The second kappa shape index (κ2) is 28.1. The van der Waals surface area contributed by atoms with Crippen LogP contribution in [0.25, 0.3) is 0 Å². The molecule has 0 nitrogen and oxygen atoms in total. The van der Waals surface area contributed by atoms with E-state index in [9.17, 15) is 26.3 Å². The van der Waals surface area contributed by atoms with Crippen molar-refractivity contribution in [3.05, 3.63) is 106 Å². The van der Waals surface area contributed by atoms with E-state index in [1.165, 1.54) is 197 Å². The van der Waals surface area contributed by atoms with Crippen molar-refractivity contribution < 1.29 is 26.3 Å². The predicted molar refractivity (Wildman–Crippen MR) is 279 cm³/mol. The van der Waals surface area contributed by atoms with Gasteiger partial charge in [0.15, 0.2) is 34.9 Å². The molecule has 6 fully saturated rings. The van der Waals surface area contributed by atoms with Crippen molar-refractivity contribution in [3.63, 3.8) is 0 Å². The molecule has 6 heteroatoms. The first kappa shape index (κ1) is 55.0. The molecule has 0 saturated heterocycles. The summed E-state index contributed by atoms with van der Waals surface area (Å²) in [7, 11) is 0. The summed E-state index contributed by atoms with van der Waals surface area (Å²) in [5.74, 6) is 5.34. The fourth-order valence-electron chi connectivity index (χ4n) is 15.1. The zero-order valence-corrected chi connectivity index (χ0v) is 43.8. The summed E-state index contributed by atoms with van der Waals surface area (Å²) >= 11 is 0. The Morgan fingerprint density at radius 2 is 0.586 bits per heavy atom. The normalized spacial score (nSPS) is 31.7. The molecule has 3 aromatic carbocycles. The molecule has 3 aromatic rings. The number of hydrogen-bond donors (Lipinski definition) is 0. The van der Waals surface area contributed by atoms with E-state index < -0.39 is 34.9 Å². The topological polar surface area (TPSA) is 0 Å². The Labute approximate surface area is 421 Å². The Morgan fingerprint density at radius 3 is 0.857 bits per heavy atom. The van der Waals surface area contributed by atoms with Crippen LogP contribution in [-0.4, -0.2) is 0 Å². The van der Waals surface area contributed by atoms with Gasteiger partial charge in [0.2, 0.25) is 0 Å². The minimum Gasteiger partial charge on any atom is -0.204 e. The molecule has 0 spiro atoms. The highest BCUT2D eigenvalue weighted by Crippen LogP contribution is 2.48. The summed E-state index contributed by atoms with van der Waals surface area (Å²) in [6.07, 6.45) is 41.3. The van der Waals surface area contributed by atoms with Gasteiger partial charge >= 0.3 is 0 Å². The highest BCUT2D eigenvalue weighted by molar-refractivity contribution is 5.24. The van der Waals surface area contributed by atoms with Crippen molar-refractivity contribution in [2.45, 2.75) is 238 Å². The molecule has 0 bridgehead atoms. The van der Waals surface area contributed by atoms with Crippen LogP contribution in [0, 0.1) is 88.2 Å². The Hall–Kier alpha value is -2.76. The Kier molecular flexibility index (Phi) is 22.0. The number of benzene rings is 3. The SMILES string of the molecule is CCC1CCC(C2CCC(c3ccc(F)c(F)c3)CC2)CC1.CCCC1CCC(C2CCC(c3ccc(F)c(F)c3)CC2)CC1.CCCCCC1CCC(C2CCC(c3ccc(F)c(F)c3)CC2)CC1. The number of halogens is 6. The monoisotopic (exact) mass is 975 g/mol. The Bertz CT molecular complexity index is 1950. The lowest BCUT2D eigenvalue weighted by Crippen LogP contribution is -2.25. The van der Waals surface area contributed by atoms with Crippen LogP contribution in [0.15, 0.2) is 54.6 Å². The van der Waals surface area contributed by atoms with Crippen LogP contribution in [0.4, 0.5) is 26.3 Å². The van der Waals surface area contributed by atoms with Crippen molar-refractivity contribution in [2.24, 2.45) is 53.3 Å². The minimum absolute atomic E-state index is 0.428. The average molecular weight is 975 g/mol. The second-order valence-electron chi connectivity index (χ2n) is 23.9. The third-order valence-electron chi connectivity index (χ3n) is 19.7. The van der Waals surface area contributed by atoms with Gasteiger partial charge in [-0.25, -0.2) is 26.3 Å². The van der Waals surface area contributed by atoms with Crippen molar-refractivity contribution in [1.29, 1.82) is 0 Å². The summed E-state index contributed by atoms with van der Waals surface area (Å²) in [5, 5.41) is 0. The van der Waals surface area contributed by atoms with Gasteiger partial charge in [-0.15, -0.1) is 0 Å². The largest absolute Gasteiger partial charge is 0.204 e. The molecule has 0 radical (unpaired) electrons. The van der Waals surface area contributed by atoms with Gasteiger partial charge in [0.05, 0.1) is 0 Å². The van der Waals surface area contributed by atoms with Crippen LogP contribution in [0.3, 0.4) is 0 Å². The molecule has 0 N–H and O–H groups in total. The van der Waals surface area contributed by atoms with Gasteiger partial charge in [-0.2, -0.15) is 0 Å². The molecule has 6 aliphatic rings. The van der Waals surface area contributed by atoms with Gasteiger partial charge in [-0.05, 0) is 240 Å². The molecular weight excluding hydrogens is 883 g/mol. The predicted octanol–water partition coefficient (Wildman–Crippen LogP) is 20.9. The lowest BCUT2D eigenvalue weighted by molar-refractivity contribution is 0.155. The highest BCUT2D eigenvalue weighted by atomic mass is 19.2. The summed E-state index contributed by atoms with van der Waals surface area (Å²) < 4.78 is 79.6. The van der Waals surface area contributed by atoms with Crippen molar-refractivity contribution in [2.75, 3.05) is 0 Å². The molecular formula is C64H92F6. The molecule has 9 rings (SSSR count). The standard InChI is InChI=1S/C23H34F2.C21H30F2.C20H28F2/c1-2-3-4-5-17-6-8-18(9-7-17)19-10-12-20(13-11-19)21-14-15-22(24)23(25)16-21;1-2-3-15-4-6-16(7-5-15)17-8-10-18(11-9-17)19-12-13-20(22)21(23)14-19;1-2-14-3-5-15(6-4-14)16-7-9-17(10-8-16)18-11-12-19(21)20(22)13-18/h14-20H,2-13H2,1H3;12-18H,2-11H2,1H3;11-17H,2-10H2,1H3. The van der Waals surface area contributed by atoms with Crippen LogP contribution < -0.4 is 0 Å². The summed E-state index contributed by atoms with van der Waals surface area (Å²) in [5.41, 5.74) is 2.98. The summed E-state index contributed by atoms with van der Waals surface area (Å²) in [4.78, 5) is 0. The van der Waals surface area contributed by atoms with Gasteiger partial charge in [0, 0.05) is 0 Å². The van der Waals surface area contributed by atoms with Crippen LogP contribution >= 0.6 is 0 Å². The van der Waals surface area contributed by atoms with E-state index in [0.29, 0.717) is 17.8 Å². The van der Waals surface area contributed by atoms with Gasteiger partial charge in [0.25, 0.3) is 0 Å². The van der Waals surface area contributed by atoms with Gasteiger partial charge in [0.1, 0.15) is 0 Å². The first-order valence-corrected chi connectivity index (χ1v) is 29.4. The van der Waals surface area contributed by atoms with Gasteiger partial charge in [-0.3, -0.25) is 0 Å². The Morgan fingerprint density at radius 1 is 0.300 bits per heavy atom. The zero-order valence-electron chi connectivity index (χ0n) is 43.8. The highest BCUT2D eigenvalue weighted by Gasteiger charge is 2.34. The third kappa shape index (κ3) is 15.9. The average Bonchev–Trinajstić information content (AvgIpc) is 3.40. The number of rotatable bonds is 13.